The Labute approximate surface area is 113 Å². The molecule has 0 aromatic carbocycles. The maximum absolute atomic E-state index is 10.2. The zero-order chi connectivity index (χ0) is 13.3. The van der Waals surface area contributed by atoms with E-state index in [1.165, 1.54) is 32.1 Å². The van der Waals surface area contributed by atoms with Gasteiger partial charge >= 0.3 is 0 Å². The number of rotatable bonds is 2. The van der Waals surface area contributed by atoms with E-state index in [4.69, 9.17) is 0 Å². The van der Waals surface area contributed by atoms with E-state index in [1.807, 2.05) is 0 Å². The Hall–Kier alpha value is -0.0400. The molecule has 0 saturated heterocycles. The molecule has 2 rings (SSSR count). The molecule has 7 atom stereocenters. The fourth-order valence-electron chi connectivity index (χ4n) is 4.58. The molecule has 0 spiro atoms. The van der Waals surface area contributed by atoms with Crippen LogP contribution in [0.3, 0.4) is 0 Å². The van der Waals surface area contributed by atoms with Crippen LogP contribution in [0.4, 0.5) is 0 Å². The van der Waals surface area contributed by atoms with Crippen LogP contribution in [0.1, 0.15) is 66.2 Å². The van der Waals surface area contributed by atoms with Gasteiger partial charge in [0.25, 0.3) is 0 Å². The van der Waals surface area contributed by atoms with Crippen molar-refractivity contribution in [2.24, 2.45) is 35.5 Å². The van der Waals surface area contributed by atoms with Gasteiger partial charge in [-0.15, -0.1) is 0 Å². The van der Waals surface area contributed by atoms with Crippen molar-refractivity contribution >= 4 is 0 Å². The van der Waals surface area contributed by atoms with E-state index in [0.29, 0.717) is 5.92 Å². The predicted molar refractivity (Wildman–Crippen MR) is 77.3 cm³/mol. The van der Waals surface area contributed by atoms with Crippen LogP contribution in [0.5, 0.6) is 0 Å². The first kappa shape index (κ1) is 14.4. The molecule has 0 heterocycles. The summed E-state index contributed by atoms with van der Waals surface area (Å²) in [5, 5.41) is 10.2. The molecule has 0 aliphatic heterocycles. The zero-order valence-corrected chi connectivity index (χ0v) is 12.7. The smallest absolute Gasteiger partial charge is 0.0568 e. The lowest BCUT2D eigenvalue weighted by atomic mass is 9.65. The van der Waals surface area contributed by atoms with E-state index in [9.17, 15) is 5.11 Å². The minimum Gasteiger partial charge on any atom is -0.393 e. The average molecular weight is 252 g/mol. The van der Waals surface area contributed by atoms with Crippen molar-refractivity contribution in [2.75, 3.05) is 0 Å². The molecule has 2 saturated carbocycles. The van der Waals surface area contributed by atoms with Gasteiger partial charge in [-0.05, 0) is 74.0 Å². The lowest BCUT2D eigenvalue weighted by molar-refractivity contribution is 0.0181. The summed E-state index contributed by atoms with van der Waals surface area (Å²) >= 11 is 0. The molecule has 1 heteroatoms. The van der Waals surface area contributed by atoms with E-state index < -0.39 is 0 Å². The maximum Gasteiger partial charge on any atom is 0.0568 e. The monoisotopic (exact) mass is 252 g/mol. The van der Waals surface area contributed by atoms with Crippen molar-refractivity contribution in [3.63, 3.8) is 0 Å². The minimum atomic E-state index is -0.0130. The molecule has 1 N–H and O–H groups in total. The fourth-order valence-corrected chi connectivity index (χ4v) is 4.58. The van der Waals surface area contributed by atoms with E-state index in [2.05, 4.69) is 27.7 Å². The normalized spacial score (nSPS) is 50.2. The third-order valence-corrected chi connectivity index (χ3v) is 5.93. The third kappa shape index (κ3) is 3.29. The van der Waals surface area contributed by atoms with Crippen LogP contribution >= 0.6 is 0 Å². The molecule has 0 amide bonds. The van der Waals surface area contributed by atoms with Gasteiger partial charge in [0.1, 0.15) is 0 Å². The highest BCUT2D eigenvalue weighted by Crippen LogP contribution is 2.43. The summed E-state index contributed by atoms with van der Waals surface area (Å²) < 4.78 is 0. The van der Waals surface area contributed by atoms with E-state index in [1.54, 1.807) is 0 Å². The standard InChI is InChI=1S/C17H32O/c1-11-5-6-17(18)16(8-11)10-15-9-12(2)7-13(3)14(15)4/h11-18H,5-10H2,1-4H3. The second kappa shape index (κ2) is 5.94. The number of hydrogen-bond acceptors (Lipinski definition) is 1. The van der Waals surface area contributed by atoms with Crippen molar-refractivity contribution < 1.29 is 5.11 Å². The van der Waals surface area contributed by atoms with E-state index in [-0.39, 0.29) is 6.10 Å². The first-order valence-corrected chi connectivity index (χ1v) is 8.15. The summed E-state index contributed by atoms with van der Waals surface area (Å²) in [4.78, 5) is 0. The Balaban J connectivity index is 1.94. The highest BCUT2D eigenvalue weighted by atomic mass is 16.3. The molecule has 2 fully saturated rings. The molecule has 0 bridgehead atoms. The highest BCUT2D eigenvalue weighted by Gasteiger charge is 2.35. The number of hydrogen-bond donors (Lipinski definition) is 1. The summed E-state index contributed by atoms with van der Waals surface area (Å²) in [6, 6.07) is 0. The average Bonchev–Trinajstić information content (AvgIpc) is 2.30. The van der Waals surface area contributed by atoms with Crippen molar-refractivity contribution in [2.45, 2.75) is 72.3 Å². The lowest BCUT2D eigenvalue weighted by Crippen LogP contribution is -2.35. The molecular formula is C17H32O. The molecule has 106 valence electrons. The Morgan fingerprint density at radius 2 is 1.50 bits per heavy atom. The maximum atomic E-state index is 10.2. The first-order valence-electron chi connectivity index (χ1n) is 8.15. The molecule has 1 nitrogen and oxygen atoms in total. The van der Waals surface area contributed by atoms with Gasteiger partial charge in [-0.2, -0.15) is 0 Å². The minimum absolute atomic E-state index is 0.0130. The van der Waals surface area contributed by atoms with Crippen LogP contribution in [-0.4, -0.2) is 11.2 Å². The topological polar surface area (TPSA) is 20.2 Å². The van der Waals surface area contributed by atoms with Gasteiger partial charge in [-0.25, -0.2) is 0 Å². The first-order chi connectivity index (χ1) is 8.47. The summed E-state index contributed by atoms with van der Waals surface area (Å²) in [6.07, 6.45) is 7.59. The van der Waals surface area contributed by atoms with Gasteiger partial charge in [0, 0.05) is 0 Å². The van der Waals surface area contributed by atoms with Crippen molar-refractivity contribution in [1.82, 2.24) is 0 Å². The van der Waals surface area contributed by atoms with Crippen LogP contribution in [0.2, 0.25) is 0 Å². The Kier molecular flexibility index (Phi) is 4.75. The largest absolute Gasteiger partial charge is 0.393 e. The summed E-state index contributed by atoms with van der Waals surface area (Å²) in [5.41, 5.74) is 0. The molecule has 0 radical (unpaired) electrons. The van der Waals surface area contributed by atoms with Gasteiger partial charge in [-0.3, -0.25) is 0 Å². The second-order valence-corrected chi connectivity index (χ2v) is 7.65. The van der Waals surface area contributed by atoms with Gasteiger partial charge in [0.2, 0.25) is 0 Å². The van der Waals surface area contributed by atoms with E-state index in [0.717, 1.165) is 36.0 Å². The summed E-state index contributed by atoms with van der Waals surface area (Å²) in [7, 11) is 0. The van der Waals surface area contributed by atoms with Gasteiger partial charge < -0.3 is 5.11 Å². The zero-order valence-electron chi connectivity index (χ0n) is 12.7. The van der Waals surface area contributed by atoms with Crippen LogP contribution < -0.4 is 0 Å². The summed E-state index contributed by atoms with van der Waals surface area (Å²) in [6.45, 7) is 9.64. The summed E-state index contributed by atoms with van der Waals surface area (Å²) in [5.74, 6) is 4.88. The van der Waals surface area contributed by atoms with Gasteiger partial charge in [0.15, 0.2) is 0 Å². The Morgan fingerprint density at radius 3 is 2.22 bits per heavy atom. The van der Waals surface area contributed by atoms with Gasteiger partial charge in [0.05, 0.1) is 6.10 Å². The van der Waals surface area contributed by atoms with Crippen molar-refractivity contribution in [3.05, 3.63) is 0 Å². The van der Waals surface area contributed by atoms with Crippen LogP contribution in [0.25, 0.3) is 0 Å². The van der Waals surface area contributed by atoms with Crippen LogP contribution in [-0.2, 0) is 0 Å². The molecule has 2 aliphatic carbocycles. The molecule has 0 aromatic rings. The van der Waals surface area contributed by atoms with Gasteiger partial charge in [-0.1, -0.05) is 27.7 Å². The molecular weight excluding hydrogens is 220 g/mol. The SMILES string of the molecule is CC1CCC(O)C(CC2CC(C)CC(C)C2C)C1. The number of aliphatic hydroxyl groups excluding tert-OH is 1. The van der Waals surface area contributed by atoms with Crippen molar-refractivity contribution in [3.8, 4) is 0 Å². The Morgan fingerprint density at radius 1 is 0.833 bits per heavy atom. The second-order valence-electron chi connectivity index (χ2n) is 7.65. The molecule has 0 aromatic heterocycles. The lowest BCUT2D eigenvalue weighted by Gasteiger charge is -2.41. The molecule has 7 unspecified atom stereocenters. The highest BCUT2D eigenvalue weighted by molar-refractivity contribution is 4.86. The van der Waals surface area contributed by atoms with Crippen LogP contribution in [0, 0.1) is 35.5 Å². The Bertz CT molecular complexity index is 262. The number of aliphatic hydroxyl groups is 1. The third-order valence-electron chi connectivity index (χ3n) is 5.93. The predicted octanol–water partition coefficient (Wildman–Crippen LogP) is 4.49. The van der Waals surface area contributed by atoms with E-state index >= 15 is 0 Å². The fraction of sp³-hybridized carbons (Fsp3) is 1.00. The van der Waals surface area contributed by atoms with Crippen LogP contribution in [0.15, 0.2) is 0 Å². The van der Waals surface area contributed by atoms with Crippen molar-refractivity contribution in [1.29, 1.82) is 0 Å². The quantitative estimate of drug-likeness (QED) is 0.767. The molecule has 2 aliphatic rings. The molecule has 18 heavy (non-hydrogen) atoms.